The number of ether oxygens (including phenoxy) is 1. The second-order valence-corrected chi connectivity index (χ2v) is 5.48. The Labute approximate surface area is 143 Å². The largest absolute Gasteiger partial charge is 0.573 e. The van der Waals surface area contributed by atoms with Crippen LogP contribution >= 0.6 is 0 Å². The maximum absolute atomic E-state index is 12.4. The second kappa shape index (κ2) is 7.98. The highest BCUT2D eigenvalue weighted by Crippen LogP contribution is 2.26. The average molecular weight is 352 g/mol. The highest BCUT2D eigenvalue weighted by molar-refractivity contribution is 5.64. The van der Waals surface area contributed by atoms with Gasteiger partial charge in [0.25, 0.3) is 0 Å². The monoisotopic (exact) mass is 352 g/mol. The van der Waals surface area contributed by atoms with Crippen molar-refractivity contribution in [1.29, 1.82) is 0 Å². The number of halogens is 3. The molecule has 0 unspecified atom stereocenters. The van der Waals surface area contributed by atoms with E-state index in [0.29, 0.717) is 23.3 Å². The molecule has 0 aliphatic heterocycles. The molecule has 0 amide bonds. The van der Waals surface area contributed by atoms with Crippen LogP contribution in [-0.4, -0.2) is 30.5 Å². The first kappa shape index (κ1) is 18.7. The van der Waals surface area contributed by atoms with Crippen molar-refractivity contribution in [3.8, 4) is 16.9 Å². The van der Waals surface area contributed by atoms with E-state index in [2.05, 4.69) is 26.9 Å². The summed E-state index contributed by atoms with van der Waals surface area (Å²) in [4.78, 5) is 4.45. The zero-order chi connectivity index (χ0) is 18.4. The van der Waals surface area contributed by atoms with Crippen LogP contribution in [0.3, 0.4) is 0 Å². The molecule has 0 aliphatic carbocycles. The van der Waals surface area contributed by atoms with Gasteiger partial charge in [0.2, 0.25) is 0 Å². The lowest BCUT2D eigenvalue weighted by molar-refractivity contribution is -0.274. The Morgan fingerprint density at radius 3 is 2.64 bits per heavy atom. The summed E-state index contributed by atoms with van der Waals surface area (Å²) in [6.45, 7) is 7.80. The van der Waals surface area contributed by atoms with Crippen molar-refractivity contribution in [3.63, 3.8) is 0 Å². The summed E-state index contributed by atoms with van der Waals surface area (Å²) in [5.41, 5.74) is 1.63. The minimum Gasteiger partial charge on any atom is -0.406 e. The third-order valence-electron chi connectivity index (χ3n) is 3.21. The summed E-state index contributed by atoms with van der Waals surface area (Å²) in [5, 5.41) is 7.02. The van der Waals surface area contributed by atoms with Crippen molar-refractivity contribution in [2.45, 2.75) is 26.3 Å². The van der Waals surface area contributed by atoms with E-state index in [0.717, 1.165) is 0 Å². The minimum absolute atomic E-state index is 0.240. The predicted octanol–water partition coefficient (Wildman–Crippen LogP) is 3.37. The fourth-order valence-corrected chi connectivity index (χ4v) is 2.15. The lowest BCUT2D eigenvalue weighted by Gasteiger charge is -2.11. The Kier molecular flexibility index (Phi) is 5.97. The van der Waals surface area contributed by atoms with Crippen LogP contribution in [0, 0.1) is 0 Å². The molecule has 0 saturated carbocycles. The van der Waals surface area contributed by atoms with Crippen LogP contribution in [-0.2, 0) is 0 Å². The molecule has 8 heteroatoms. The fraction of sp³-hybridized carbons (Fsp3) is 0.294. The first-order chi connectivity index (χ1) is 11.8. The summed E-state index contributed by atoms with van der Waals surface area (Å²) in [7, 11) is 0. The van der Waals surface area contributed by atoms with E-state index in [9.17, 15) is 13.2 Å². The van der Waals surface area contributed by atoms with Crippen LogP contribution in [0.2, 0.25) is 0 Å². The van der Waals surface area contributed by atoms with Gasteiger partial charge in [-0.15, -0.1) is 13.2 Å². The van der Waals surface area contributed by atoms with Crippen LogP contribution in [0.25, 0.3) is 11.1 Å². The molecule has 1 N–H and O–H groups in total. The van der Waals surface area contributed by atoms with Gasteiger partial charge in [-0.05, 0) is 43.7 Å². The van der Waals surface area contributed by atoms with E-state index >= 15 is 0 Å². The maximum Gasteiger partial charge on any atom is 0.573 e. The van der Waals surface area contributed by atoms with Crippen molar-refractivity contribution < 1.29 is 17.9 Å². The van der Waals surface area contributed by atoms with Crippen LogP contribution in [0.5, 0.6) is 5.75 Å². The molecule has 1 aromatic heterocycles. The van der Waals surface area contributed by atoms with E-state index in [1.807, 2.05) is 13.8 Å². The Morgan fingerprint density at radius 2 is 2.00 bits per heavy atom. The number of pyridine rings is 1. The average Bonchev–Trinajstić information content (AvgIpc) is 2.53. The van der Waals surface area contributed by atoms with Gasteiger partial charge in [0.15, 0.2) is 5.49 Å². The first-order valence-corrected chi connectivity index (χ1v) is 7.59. The molecular weight excluding hydrogens is 333 g/mol. The van der Waals surface area contributed by atoms with Crippen LogP contribution in [0.1, 0.15) is 13.8 Å². The molecule has 0 atom stereocenters. The zero-order valence-electron chi connectivity index (χ0n) is 13.9. The van der Waals surface area contributed by atoms with E-state index in [-0.39, 0.29) is 11.8 Å². The fourth-order valence-electron chi connectivity index (χ4n) is 2.15. The van der Waals surface area contributed by atoms with Gasteiger partial charge in [0.05, 0.1) is 6.67 Å². The Bertz CT molecular complexity index is 797. The lowest BCUT2D eigenvalue weighted by Crippen LogP contribution is -2.27. The molecule has 134 valence electrons. The van der Waals surface area contributed by atoms with Crippen molar-refractivity contribution in [3.05, 3.63) is 48.1 Å². The number of rotatable bonds is 6. The molecule has 0 saturated heterocycles. The van der Waals surface area contributed by atoms with Gasteiger partial charge in [-0.1, -0.05) is 12.1 Å². The Balaban J connectivity index is 2.48. The van der Waals surface area contributed by atoms with Gasteiger partial charge < -0.3 is 4.74 Å². The van der Waals surface area contributed by atoms with Crippen molar-refractivity contribution in [2.24, 2.45) is 10.1 Å². The van der Waals surface area contributed by atoms with Crippen LogP contribution in [0.4, 0.5) is 13.2 Å². The van der Waals surface area contributed by atoms with Crippen LogP contribution < -0.4 is 15.5 Å². The summed E-state index contributed by atoms with van der Waals surface area (Å²) in [6.07, 6.45) is -3.08. The van der Waals surface area contributed by atoms with Crippen molar-refractivity contribution >= 4 is 6.72 Å². The first-order valence-electron chi connectivity index (χ1n) is 7.59. The molecular formula is C17H19F3N4O. The number of hydrogen-bond donors (Lipinski definition) is 1. The number of aromatic nitrogens is 1. The van der Waals surface area contributed by atoms with E-state index in [1.165, 1.54) is 22.9 Å². The third kappa shape index (κ3) is 5.46. The number of benzene rings is 1. The molecule has 1 heterocycles. The van der Waals surface area contributed by atoms with Gasteiger partial charge >= 0.3 is 6.36 Å². The molecule has 0 aliphatic rings. The lowest BCUT2D eigenvalue weighted by atomic mass is 10.1. The Hall–Kier alpha value is -2.61. The van der Waals surface area contributed by atoms with Crippen LogP contribution in [0.15, 0.2) is 52.7 Å². The minimum atomic E-state index is -4.74. The summed E-state index contributed by atoms with van der Waals surface area (Å²) in [5.74, 6) is -0.293. The zero-order valence-corrected chi connectivity index (χ0v) is 13.9. The molecule has 0 radical (unpaired) electrons. The number of alkyl halides is 3. The molecule has 25 heavy (non-hydrogen) atoms. The van der Waals surface area contributed by atoms with Gasteiger partial charge in [-0.2, -0.15) is 5.10 Å². The Morgan fingerprint density at radius 1 is 1.24 bits per heavy atom. The number of hydrogen-bond acceptors (Lipinski definition) is 4. The number of nitrogens with one attached hydrogen (secondary N) is 1. The summed E-state index contributed by atoms with van der Waals surface area (Å²) >= 11 is 0. The van der Waals surface area contributed by atoms with Gasteiger partial charge in [0.1, 0.15) is 5.75 Å². The normalized spacial score (nSPS) is 12.5. The quantitative estimate of drug-likeness (QED) is 0.811. The summed E-state index contributed by atoms with van der Waals surface area (Å²) in [6, 6.07) is 9.44. The van der Waals surface area contributed by atoms with E-state index < -0.39 is 6.36 Å². The predicted molar refractivity (Wildman–Crippen MR) is 90.2 cm³/mol. The highest BCUT2D eigenvalue weighted by atomic mass is 19.4. The van der Waals surface area contributed by atoms with Gasteiger partial charge in [-0.25, -0.2) is 4.68 Å². The van der Waals surface area contributed by atoms with Crippen molar-refractivity contribution in [1.82, 2.24) is 9.99 Å². The highest BCUT2D eigenvalue weighted by Gasteiger charge is 2.31. The summed E-state index contributed by atoms with van der Waals surface area (Å²) < 4.78 is 42.8. The SMILES string of the molecule is C=Nn1cccc(-c2cccc(OC(F)(F)F)c2)/c1=N/CNC(C)C. The molecule has 0 bridgehead atoms. The van der Waals surface area contributed by atoms with Crippen molar-refractivity contribution in [2.75, 3.05) is 6.67 Å². The second-order valence-electron chi connectivity index (χ2n) is 5.48. The molecule has 0 spiro atoms. The molecule has 0 fully saturated rings. The van der Waals surface area contributed by atoms with Gasteiger partial charge in [-0.3, -0.25) is 10.3 Å². The molecule has 2 rings (SSSR count). The van der Waals surface area contributed by atoms with E-state index in [4.69, 9.17) is 0 Å². The smallest absolute Gasteiger partial charge is 0.406 e. The van der Waals surface area contributed by atoms with E-state index in [1.54, 1.807) is 24.4 Å². The molecule has 1 aromatic carbocycles. The standard InChI is InChI=1S/C17H19F3N4O/c1-12(2)22-11-23-16-15(8-5-9-24(16)21-3)13-6-4-7-14(10-13)25-17(18,19)20/h4-10,12,22H,3,11H2,1-2H3/b23-16-. The number of nitrogens with zero attached hydrogens (tertiary/aromatic N) is 3. The maximum atomic E-state index is 12.4. The molecule has 2 aromatic rings. The third-order valence-corrected chi connectivity index (χ3v) is 3.21. The van der Waals surface area contributed by atoms with Gasteiger partial charge in [0, 0.05) is 24.5 Å². The molecule has 5 nitrogen and oxygen atoms in total. The topological polar surface area (TPSA) is 50.9 Å².